The Hall–Kier alpha value is -1.86. The molecule has 0 saturated heterocycles. The molecule has 0 fully saturated rings. The van der Waals surface area contributed by atoms with Gasteiger partial charge in [0.05, 0.1) is 16.9 Å². The fourth-order valence-electron chi connectivity index (χ4n) is 2.47. The molecular weight excluding hydrogens is 309 g/mol. The highest BCUT2D eigenvalue weighted by atomic mass is 19.4. The van der Waals surface area contributed by atoms with E-state index in [4.69, 9.17) is 4.52 Å². The lowest BCUT2D eigenvalue weighted by atomic mass is 9.93. The van der Waals surface area contributed by atoms with Crippen LogP contribution in [-0.4, -0.2) is 28.8 Å². The van der Waals surface area contributed by atoms with Gasteiger partial charge in [0, 0.05) is 19.2 Å². The second kappa shape index (κ2) is 6.33. The Kier molecular flexibility index (Phi) is 4.81. The summed E-state index contributed by atoms with van der Waals surface area (Å²) < 4.78 is 43.4. The molecule has 1 N–H and O–H groups in total. The fourth-order valence-corrected chi connectivity index (χ4v) is 2.47. The first kappa shape index (κ1) is 17.5. The molecule has 0 bridgehead atoms. The molecule has 4 nitrogen and oxygen atoms in total. The number of hydrogen-bond donors (Lipinski definition) is 1. The van der Waals surface area contributed by atoms with Crippen LogP contribution in [0.2, 0.25) is 0 Å². The molecule has 1 unspecified atom stereocenters. The summed E-state index contributed by atoms with van der Waals surface area (Å²) in [6.07, 6.45) is -4.43. The van der Waals surface area contributed by atoms with Gasteiger partial charge in [-0.05, 0) is 38.6 Å². The second-order valence-electron chi connectivity index (χ2n) is 5.95. The summed E-state index contributed by atoms with van der Waals surface area (Å²) in [5.41, 5.74) is -1.28. The normalized spacial score (nSPS) is 15.0. The first-order valence-electron chi connectivity index (χ1n) is 7.09. The summed E-state index contributed by atoms with van der Waals surface area (Å²) in [6.45, 7) is 3.84. The van der Waals surface area contributed by atoms with Crippen LogP contribution in [0.4, 0.5) is 13.2 Å². The van der Waals surface area contributed by atoms with Crippen LogP contribution in [0.25, 0.3) is 0 Å². The average molecular weight is 328 g/mol. The maximum atomic E-state index is 12.8. The predicted molar refractivity (Wildman–Crippen MR) is 78.6 cm³/mol. The van der Waals surface area contributed by atoms with Gasteiger partial charge in [-0.3, -0.25) is 4.90 Å². The maximum Gasteiger partial charge on any atom is 0.416 e. The Morgan fingerprint density at radius 2 is 1.87 bits per heavy atom. The minimum Gasteiger partial charge on any atom is -0.384 e. The number of halogens is 3. The molecule has 0 radical (unpaired) electrons. The topological polar surface area (TPSA) is 49.5 Å². The van der Waals surface area contributed by atoms with Crippen molar-refractivity contribution >= 4 is 0 Å². The van der Waals surface area contributed by atoms with Crippen LogP contribution in [0.3, 0.4) is 0 Å². The van der Waals surface area contributed by atoms with E-state index < -0.39 is 17.3 Å². The summed E-state index contributed by atoms with van der Waals surface area (Å²) in [4.78, 5) is 1.78. The first-order chi connectivity index (χ1) is 10.6. The molecule has 1 aromatic carbocycles. The smallest absolute Gasteiger partial charge is 0.384 e. The van der Waals surface area contributed by atoms with E-state index in [0.29, 0.717) is 18.0 Å². The van der Waals surface area contributed by atoms with E-state index in [1.807, 2.05) is 0 Å². The van der Waals surface area contributed by atoms with E-state index in [2.05, 4.69) is 5.16 Å². The monoisotopic (exact) mass is 328 g/mol. The van der Waals surface area contributed by atoms with Crippen molar-refractivity contribution in [2.45, 2.75) is 32.2 Å². The Morgan fingerprint density at radius 3 is 2.43 bits per heavy atom. The number of rotatable bonds is 5. The second-order valence-corrected chi connectivity index (χ2v) is 5.95. The van der Waals surface area contributed by atoms with Crippen LogP contribution in [-0.2, 0) is 18.3 Å². The van der Waals surface area contributed by atoms with Gasteiger partial charge in [0.2, 0.25) is 0 Å². The molecule has 2 rings (SSSR count). The van der Waals surface area contributed by atoms with E-state index in [-0.39, 0.29) is 12.1 Å². The first-order valence-corrected chi connectivity index (χ1v) is 7.09. The molecule has 1 aromatic heterocycles. The highest BCUT2D eigenvalue weighted by Crippen LogP contribution is 2.32. The van der Waals surface area contributed by atoms with Gasteiger partial charge in [0.15, 0.2) is 0 Å². The van der Waals surface area contributed by atoms with Crippen molar-refractivity contribution in [2.75, 3.05) is 13.6 Å². The molecule has 0 saturated carbocycles. The third kappa shape index (κ3) is 4.56. The summed E-state index contributed by atoms with van der Waals surface area (Å²) in [5.74, 6) is 0.679. The summed E-state index contributed by atoms with van der Waals surface area (Å²) in [5, 5.41) is 14.4. The molecule has 0 spiro atoms. The van der Waals surface area contributed by atoms with Crippen molar-refractivity contribution < 1.29 is 22.8 Å². The maximum absolute atomic E-state index is 12.8. The quantitative estimate of drug-likeness (QED) is 0.914. The number of aliphatic hydroxyl groups is 1. The minimum atomic E-state index is -4.43. The molecule has 0 aliphatic carbocycles. The van der Waals surface area contributed by atoms with Crippen molar-refractivity contribution in [3.63, 3.8) is 0 Å². The van der Waals surface area contributed by atoms with Crippen LogP contribution in [0.15, 0.2) is 34.9 Å². The van der Waals surface area contributed by atoms with Gasteiger partial charge in [-0.1, -0.05) is 17.3 Å². The molecular formula is C16H19F3N2O2. The zero-order valence-electron chi connectivity index (χ0n) is 13.2. The third-order valence-electron chi connectivity index (χ3n) is 3.50. The van der Waals surface area contributed by atoms with Crippen LogP contribution < -0.4 is 0 Å². The Bertz CT molecular complexity index is 665. The lowest BCUT2D eigenvalue weighted by Crippen LogP contribution is -2.36. The van der Waals surface area contributed by atoms with Gasteiger partial charge in [-0.25, -0.2) is 0 Å². The van der Waals surface area contributed by atoms with Gasteiger partial charge >= 0.3 is 6.18 Å². The molecule has 0 aliphatic rings. The standard InChI is InChI=1S/C16H19F3N2O2/c1-11-7-14(20-23-11)9-21(3)10-15(2,22)12-5-4-6-13(8-12)16(17,18)19/h4-8,22H,9-10H2,1-3H3. The summed E-state index contributed by atoms with van der Waals surface area (Å²) in [7, 11) is 1.76. The number of alkyl halides is 3. The van der Waals surface area contributed by atoms with Crippen LogP contribution in [0.1, 0.15) is 29.5 Å². The SMILES string of the molecule is Cc1cc(CN(C)CC(C)(O)c2cccc(C(F)(F)F)c2)no1. The fraction of sp³-hybridized carbons (Fsp3) is 0.438. The van der Waals surface area contributed by atoms with Crippen LogP contribution in [0.5, 0.6) is 0 Å². The summed E-state index contributed by atoms with van der Waals surface area (Å²) in [6, 6.07) is 6.53. The van der Waals surface area contributed by atoms with E-state index in [0.717, 1.165) is 12.1 Å². The van der Waals surface area contributed by atoms with E-state index in [1.165, 1.54) is 19.1 Å². The van der Waals surface area contributed by atoms with E-state index in [9.17, 15) is 18.3 Å². The molecule has 0 amide bonds. The van der Waals surface area contributed by atoms with Crippen molar-refractivity contribution in [3.8, 4) is 0 Å². The molecule has 7 heteroatoms. The largest absolute Gasteiger partial charge is 0.416 e. The Labute approximate surface area is 132 Å². The van der Waals surface area contributed by atoms with Crippen molar-refractivity contribution in [1.82, 2.24) is 10.1 Å². The average Bonchev–Trinajstić information content (AvgIpc) is 2.82. The van der Waals surface area contributed by atoms with Gasteiger partial charge in [-0.2, -0.15) is 13.2 Å². The minimum absolute atomic E-state index is 0.153. The van der Waals surface area contributed by atoms with Crippen LogP contribution >= 0.6 is 0 Å². The van der Waals surface area contributed by atoms with E-state index >= 15 is 0 Å². The number of aryl methyl sites for hydroxylation is 1. The summed E-state index contributed by atoms with van der Waals surface area (Å²) >= 11 is 0. The molecule has 1 heterocycles. The van der Waals surface area contributed by atoms with Gasteiger partial charge in [-0.15, -0.1) is 0 Å². The van der Waals surface area contributed by atoms with Crippen LogP contribution in [0, 0.1) is 6.92 Å². The van der Waals surface area contributed by atoms with Gasteiger partial charge in [0.25, 0.3) is 0 Å². The van der Waals surface area contributed by atoms with Gasteiger partial charge in [0.1, 0.15) is 5.76 Å². The predicted octanol–water partition coefficient (Wildman–Crippen LogP) is 3.34. The number of likely N-dealkylation sites (N-methyl/N-ethyl adjacent to an activating group) is 1. The third-order valence-corrected chi connectivity index (χ3v) is 3.50. The van der Waals surface area contributed by atoms with E-state index in [1.54, 1.807) is 24.9 Å². The Morgan fingerprint density at radius 1 is 1.22 bits per heavy atom. The number of aromatic nitrogens is 1. The highest BCUT2D eigenvalue weighted by molar-refractivity contribution is 5.29. The lowest BCUT2D eigenvalue weighted by molar-refractivity contribution is -0.137. The lowest BCUT2D eigenvalue weighted by Gasteiger charge is -2.29. The van der Waals surface area contributed by atoms with Crippen molar-refractivity contribution in [3.05, 3.63) is 52.9 Å². The van der Waals surface area contributed by atoms with Gasteiger partial charge < -0.3 is 9.63 Å². The number of hydrogen-bond acceptors (Lipinski definition) is 4. The van der Waals surface area contributed by atoms with Crippen molar-refractivity contribution in [2.24, 2.45) is 0 Å². The van der Waals surface area contributed by atoms with Crippen molar-refractivity contribution in [1.29, 1.82) is 0 Å². The highest BCUT2D eigenvalue weighted by Gasteiger charge is 2.33. The molecule has 2 aromatic rings. The molecule has 23 heavy (non-hydrogen) atoms. The molecule has 126 valence electrons. The number of benzene rings is 1. The zero-order chi connectivity index (χ0) is 17.3. The zero-order valence-corrected chi connectivity index (χ0v) is 13.2. The Balaban J connectivity index is 2.11. The number of nitrogens with zero attached hydrogens (tertiary/aromatic N) is 2. The molecule has 0 aliphatic heterocycles. The molecule has 1 atom stereocenters.